The largest absolute Gasteiger partial charge is 0.486 e. The molecule has 1 aliphatic heterocycles. The van der Waals surface area contributed by atoms with Crippen LogP contribution in [-0.2, 0) is 0 Å². The molecule has 0 aliphatic carbocycles. The van der Waals surface area contributed by atoms with Crippen LogP contribution in [0, 0.1) is 6.92 Å². The molecule has 7 nitrogen and oxygen atoms in total. The number of furan rings is 1. The minimum absolute atomic E-state index is 0.0503. The zero-order valence-electron chi connectivity index (χ0n) is 13.0. The van der Waals surface area contributed by atoms with Crippen LogP contribution in [0.1, 0.15) is 16.2 Å². The molecule has 1 aliphatic rings. The summed E-state index contributed by atoms with van der Waals surface area (Å²) in [5.74, 6) is 1.62. The number of aryl methyl sites for hydroxylation is 1. The van der Waals surface area contributed by atoms with Gasteiger partial charge in [0.1, 0.15) is 18.1 Å². The number of ether oxygens (including phenoxy) is 1. The van der Waals surface area contributed by atoms with Crippen LogP contribution >= 0.6 is 0 Å². The van der Waals surface area contributed by atoms with Crippen molar-refractivity contribution in [3.63, 3.8) is 0 Å². The first-order chi connectivity index (χ1) is 11.7. The van der Waals surface area contributed by atoms with Gasteiger partial charge in [-0.05, 0) is 18.2 Å². The third-order valence-electron chi connectivity index (χ3n) is 3.85. The Hall–Kier alpha value is -3.09. The average molecular weight is 325 g/mol. The van der Waals surface area contributed by atoms with Gasteiger partial charge < -0.3 is 18.6 Å². The van der Waals surface area contributed by atoms with Crippen LogP contribution in [0.5, 0.6) is 5.75 Å². The number of rotatable bonds is 4. The molecule has 0 radical (unpaired) electrons. The lowest BCUT2D eigenvalue weighted by Crippen LogP contribution is -2.56. The highest BCUT2D eigenvalue weighted by Gasteiger charge is 2.33. The van der Waals surface area contributed by atoms with E-state index in [1.54, 1.807) is 17.9 Å². The number of hydrogen-bond acceptors (Lipinski definition) is 6. The Kier molecular flexibility index (Phi) is 3.53. The number of nitrogens with zero attached hydrogens (tertiary/aromatic N) is 3. The summed E-state index contributed by atoms with van der Waals surface area (Å²) in [7, 11) is 0. The lowest BCUT2D eigenvalue weighted by Gasteiger charge is -2.39. The van der Waals surface area contributed by atoms with Gasteiger partial charge in [-0.2, -0.15) is 4.98 Å². The summed E-state index contributed by atoms with van der Waals surface area (Å²) in [4.78, 5) is 18.1. The van der Waals surface area contributed by atoms with Crippen LogP contribution in [0.2, 0.25) is 0 Å². The van der Waals surface area contributed by atoms with Gasteiger partial charge in [0.15, 0.2) is 0 Å². The van der Waals surface area contributed by atoms with Crippen molar-refractivity contribution in [2.45, 2.75) is 13.0 Å². The summed E-state index contributed by atoms with van der Waals surface area (Å²) in [6.07, 6.45) is 2.88. The van der Waals surface area contributed by atoms with Crippen LogP contribution in [0.3, 0.4) is 0 Å². The molecule has 1 saturated heterocycles. The van der Waals surface area contributed by atoms with Gasteiger partial charge in [0, 0.05) is 6.92 Å². The lowest BCUT2D eigenvalue weighted by molar-refractivity contribution is 0.0179. The highest BCUT2D eigenvalue weighted by Crippen LogP contribution is 2.30. The Bertz CT molecular complexity index is 850. The number of likely N-dealkylation sites (tertiary alicyclic amines) is 1. The molecule has 0 spiro atoms. The molecule has 0 saturated carbocycles. The monoisotopic (exact) mass is 325 g/mol. The van der Waals surface area contributed by atoms with Crippen molar-refractivity contribution in [2.24, 2.45) is 0 Å². The fraction of sp³-hybridized carbons (Fsp3) is 0.235. The van der Waals surface area contributed by atoms with Gasteiger partial charge in [0.05, 0.1) is 30.5 Å². The number of hydrogen-bond donors (Lipinski definition) is 0. The fourth-order valence-corrected chi connectivity index (χ4v) is 2.59. The maximum atomic E-state index is 12.2. The summed E-state index contributed by atoms with van der Waals surface area (Å²) >= 11 is 0. The van der Waals surface area contributed by atoms with Gasteiger partial charge in [-0.1, -0.05) is 17.3 Å². The van der Waals surface area contributed by atoms with Crippen LogP contribution in [-0.4, -0.2) is 40.1 Å². The van der Waals surface area contributed by atoms with E-state index in [1.807, 2.05) is 24.3 Å². The first kappa shape index (κ1) is 14.5. The average Bonchev–Trinajstić information content (AvgIpc) is 3.22. The predicted octanol–water partition coefficient (Wildman–Crippen LogP) is 2.54. The molecule has 1 amide bonds. The number of carbonyl (C=O) groups excluding carboxylic acids is 1. The number of aromatic nitrogens is 2. The summed E-state index contributed by atoms with van der Waals surface area (Å²) in [5, 5.41) is 3.93. The fourth-order valence-electron chi connectivity index (χ4n) is 2.59. The van der Waals surface area contributed by atoms with Crippen LogP contribution in [0.4, 0.5) is 0 Å². The normalized spacial score (nSPS) is 14.5. The van der Waals surface area contributed by atoms with E-state index >= 15 is 0 Å². The van der Waals surface area contributed by atoms with Gasteiger partial charge in [-0.3, -0.25) is 4.79 Å². The van der Waals surface area contributed by atoms with Crippen molar-refractivity contribution < 1.29 is 18.5 Å². The molecule has 122 valence electrons. The second-order valence-corrected chi connectivity index (χ2v) is 5.60. The summed E-state index contributed by atoms with van der Waals surface area (Å²) in [6, 6.07) is 9.18. The number of para-hydroxylation sites is 1. The van der Waals surface area contributed by atoms with Gasteiger partial charge in [-0.15, -0.1) is 0 Å². The first-order valence-corrected chi connectivity index (χ1v) is 7.58. The topological polar surface area (TPSA) is 81.6 Å². The molecule has 0 N–H and O–H groups in total. The SMILES string of the molecule is Cc1nc(-c2ccccc2OC2CN(C(=O)c3ccoc3)C2)no1. The lowest BCUT2D eigenvalue weighted by atomic mass is 10.1. The Morgan fingerprint density at radius 1 is 1.29 bits per heavy atom. The number of amides is 1. The van der Waals surface area contributed by atoms with Gasteiger partial charge in [0.25, 0.3) is 5.91 Å². The smallest absolute Gasteiger partial charge is 0.257 e. The molecule has 1 fully saturated rings. The maximum absolute atomic E-state index is 12.2. The molecule has 4 rings (SSSR count). The minimum Gasteiger partial charge on any atom is -0.486 e. The second kappa shape index (κ2) is 5.84. The Morgan fingerprint density at radius 3 is 2.83 bits per heavy atom. The van der Waals surface area contributed by atoms with E-state index in [-0.39, 0.29) is 12.0 Å². The second-order valence-electron chi connectivity index (χ2n) is 5.60. The van der Waals surface area contributed by atoms with Crippen molar-refractivity contribution >= 4 is 5.91 Å². The summed E-state index contributed by atoms with van der Waals surface area (Å²) in [5.41, 5.74) is 1.32. The van der Waals surface area contributed by atoms with Crippen LogP contribution in [0.15, 0.2) is 51.8 Å². The molecule has 2 aromatic heterocycles. The maximum Gasteiger partial charge on any atom is 0.257 e. The van der Waals surface area contributed by atoms with E-state index in [4.69, 9.17) is 13.7 Å². The van der Waals surface area contributed by atoms with E-state index in [2.05, 4.69) is 10.1 Å². The van der Waals surface area contributed by atoms with Crippen molar-refractivity contribution in [1.29, 1.82) is 0 Å². The molecule has 3 aromatic rings. The Balaban J connectivity index is 1.44. The molecule has 0 atom stereocenters. The molecular weight excluding hydrogens is 310 g/mol. The van der Waals surface area contributed by atoms with E-state index < -0.39 is 0 Å². The summed E-state index contributed by atoms with van der Waals surface area (Å²) < 4.78 is 16.0. The molecule has 3 heterocycles. The van der Waals surface area contributed by atoms with Crippen molar-refractivity contribution in [3.05, 3.63) is 54.3 Å². The molecule has 0 bridgehead atoms. The highest BCUT2D eigenvalue weighted by molar-refractivity contribution is 5.94. The first-order valence-electron chi connectivity index (χ1n) is 7.58. The highest BCUT2D eigenvalue weighted by atomic mass is 16.5. The minimum atomic E-state index is -0.0602. The van der Waals surface area contributed by atoms with Crippen molar-refractivity contribution in [1.82, 2.24) is 15.0 Å². The molecular formula is C17H15N3O4. The Morgan fingerprint density at radius 2 is 2.12 bits per heavy atom. The van der Waals surface area contributed by atoms with Crippen molar-refractivity contribution in [3.8, 4) is 17.1 Å². The molecule has 0 unspecified atom stereocenters. The number of carbonyl (C=O) groups is 1. The number of benzene rings is 1. The van der Waals surface area contributed by atoms with E-state index in [0.29, 0.717) is 36.1 Å². The molecule has 7 heteroatoms. The van der Waals surface area contributed by atoms with Gasteiger partial charge >= 0.3 is 0 Å². The van der Waals surface area contributed by atoms with Crippen molar-refractivity contribution in [2.75, 3.05) is 13.1 Å². The van der Waals surface area contributed by atoms with E-state index in [0.717, 1.165) is 5.56 Å². The third-order valence-corrected chi connectivity index (χ3v) is 3.85. The van der Waals surface area contributed by atoms with Gasteiger partial charge in [0.2, 0.25) is 11.7 Å². The van der Waals surface area contributed by atoms with E-state index in [9.17, 15) is 4.79 Å². The zero-order chi connectivity index (χ0) is 16.5. The predicted molar refractivity (Wildman–Crippen MR) is 83.5 cm³/mol. The van der Waals surface area contributed by atoms with Crippen LogP contribution in [0.25, 0.3) is 11.4 Å². The summed E-state index contributed by atoms with van der Waals surface area (Å²) in [6.45, 7) is 2.80. The molecule has 1 aromatic carbocycles. The quantitative estimate of drug-likeness (QED) is 0.733. The zero-order valence-corrected chi connectivity index (χ0v) is 13.0. The third kappa shape index (κ3) is 2.64. The van der Waals surface area contributed by atoms with Gasteiger partial charge in [-0.25, -0.2) is 0 Å². The molecule has 24 heavy (non-hydrogen) atoms. The van der Waals surface area contributed by atoms with E-state index in [1.165, 1.54) is 12.5 Å². The van der Waals surface area contributed by atoms with Crippen LogP contribution < -0.4 is 4.74 Å². The standard InChI is InChI=1S/C17H15N3O4/c1-11-18-16(19-24-11)14-4-2-3-5-15(14)23-13-8-20(9-13)17(21)12-6-7-22-10-12/h2-7,10,13H,8-9H2,1H3. The Labute approximate surface area is 137 Å².